The third-order valence-corrected chi connectivity index (χ3v) is 3.01. The van der Waals surface area contributed by atoms with Crippen molar-refractivity contribution in [2.24, 2.45) is 0 Å². The Labute approximate surface area is 102 Å². The van der Waals surface area contributed by atoms with Gasteiger partial charge in [-0.1, -0.05) is 0 Å². The molecule has 0 saturated carbocycles. The maximum absolute atomic E-state index is 14.3. The number of alkyl halides is 4. The van der Waals surface area contributed by atoms with Crippen LogP contribution in [0.1, 0.15) is 24.2 Å². The highest BCUT2D eigenvalue weighted by Gasteiger charge is 2.35. The molecule has 0 radical (unpaired) electrons. The van der Waals surface area contributed by atoms with Crippen molar-refractivity contribution in [3.05, 3.63) is 23.5 Å². The van der Waals surface area contributed by atoms with Gasteiger partial charge in [0.15, 0.2) is 5.69 Å². The predicted octanol–water partition coefficient (Wildman–Crippen LogP) is 2.13. The van der Waals surface area contributed by atoms with Gasteiger partial charge in [0.25, 0.3) is 0 Å². The van der Waals surface area contributed by atoms with Crippen LogP contribution in [-0.2, 0) is 12.6 Å². The molecule has 0 bridgehead atoms. The van der Waals surface area contributed by atoms with Crippen LogP contribution in [0.2, 0.25) is 0 Å². The van der Waals surface area contributed by atoms with E-state index in [9.17, 15) is 17.6 Å². The number of halogens is 4. The van der Waals surface area contributed by atoms with Gasteiger partial charge in [-0.3, -0.25) is 0 Å². The zero-order valence-corrected chi connectivity index (χ0v) is 9.60. The van der Waals surface area contributed by atoms with E-state index in [1.54, 1.807) is 0 Å². The Balaban J connectivity index is 2.06. The number of hydrogen-bond donors (Lipinski definition) is 1. The summed E-state index contributed by atoms with van der Waals surface area (Å²) in [6, 6.07) is 2.03. The standard InChI is InChI=1S/C11H13F4N3/c12-10(3-5-16-6-4-10)7-8-1-2-9(18-17-8)11(13,14)15/h1-2,16H,3-7H2. The minimum Gasteiger partial charge on any atom is -0.316 e. The number of nitrogens with zero attached hydrogens (tertiary/aromatic N) is 2. The van der Waals surface area contributed by atoms with Crippen molar-refractivity contribution in [1.82, 2.24) is 15.5 Å². The molecule has 0 spiro atoms. The Bertz CT molecular complexity index is 396. The van der Waals surface area contributed by atoms with Crippen LogP contribution in [0.4, 0.5) is 17.6 Å². The summed E-state index contributed by atoms with van der Waals surface area (Å²) in [4.78, 5) is 0. The molecular formula is C11H13F4N3. The van der Waals surface area contributed by atoms with E-state index in [1.807, 2.05) is 0 Å². The molecule has 1 aromatic heterocycles. The number of rotatable bonds is 2. The maximum atomic E-state index is 14.3. The molecule has 1 aromatic rings. The molecule has 1 aliphatic heterocycles. The predicted molar refractivity (Wildman–Crippen MR) is 56.7 cm³/mol. The first-order chi connectivity index (χ1) is 8.39. The van der Waals surface area contributed by atoms with Gasteiger partial charge in [0, 0.05) is 6.42 Å². The first-order valence-corrected chi connectivity index (χ1v) is 5.69. The first-order valence-electron chi connectivity index (χ1n) is 5.69. The van der Waals surface area contributed by atoms with Crippen molar-refractivity contribution in [2.75, 3.05) is 13.1 Å². The molecule has 0 unspecified atom stereocenters. The highest BCUT2D eigenvalue weighted by atomic mass is 19.4. The van der Waals surface area contributed by atoms with Crippen molar-refractivity contribution in [1.29, 1.82) is 0 Å². The Morgan fingerprint density at radius 3 is 2.33 bits per heavy atom. The SMILES string of the molecule is FC1(Cc2ccc(C(F)(F)F)nn2)CCNCC1. The third-order valence-electron chi connectivity index (χ3n) is 3.01. The molecule has 2 rings (SSSR count). The monoisotopic (exact) mass is 263 g/mol. The fourth-order valence-electron chi connectivity index (χ4n) is 1.98. The second kappa shape index (κ2) is 4.79. The lowest BCUT2D eigenvalue weighted by atomic mass is 9.89. The molecule has 0 aromatic carbocycles. The van der Waals surface area contributed by atoms with Gasteiger partial charge < -0.3 is 5.32 Å². The second-order valence-corrected chi connectivity index (χ2v) is 4.49. The summed E-state index contributed by atoms with van der Waals surface area (Å²) < 4.78 is 51.1. The Hall–Kier alpha value is -1.24. The van der Waals surface area contributed by atoms with Crippen molar-refractivity contribution < 1.29 is 17.6 Å². The molecule has 1 aliphatic rings. The molecule has 1 N–H and O–H groups in total. The van der Waals surface area contributed by atoms with Gasteiger partial charge in [0.2, 0.25) is 0 Å². The van der Waals surface area contributed by atoms with E-state index in [0.717, 1.165) is 6.07 Å². The summed E-state index contributed by atoms with van der Waals surface area (Å²) in [5.41, 5.74) is -2.18. The molecule has 0 atom stereocenters. The lowest BCUT2D eigenvalue weighted by Gasteiger charge is -2.29. The van der Waals surface area contributed by atoms with E-state index in [-0.39, 0.29) is 12.1 Å². The van der Waals surface area contributed by atoms with Crippen LogP contribution in [-0.4, -0.2) is 29.0 Å². The Morgan fingerprint density at radius 2 is 1.83 bits per heavy atom. The second-order valence-electron chi connectivity index (χ2n) is 4.49. The molecule has 18 heavy (non-hydrogen) atoms. The van der Waals surface area contributed by atoms with Crippen LogP contribution in [0.3, 0.4) is 0 Å². The minimum absolute atomic E-state index is 0.0137. The van der Waals surface area contributed by atoms with Crippen molar-refractivity contribution in [3.63, 3.8) is 0 Å². The normalized spacial score (nSPS) is 19.8. The fraction of sp³-hybridized carbons (Fsp3) is 0.636. The quantitative estimate of drug-likeness (QED) is 0.831. The zero-order valence-electron chi connectivity index (χ0n) is 9.60. The molecule has 2 heterocycles. The summed E-state index contributed by atoms with van der Waals surface area (Å²) in [6.07, 6.45) is -3.81. The first kappa shape index (κ1) is 13.2. The van der Waals surface area contributed by atoms with Crippen molar-refractivity contribution in [3.8, 4) is 0 Å². The van der Waals surface area contributed by atoms with Gasteiger partial charge in [-0.2, -0.15) is 18.3 Å². The molecule has 100 valence electrons. The summed E-state index contributed by atoms with van der Waals surface area (Å²) in [6.45, 7) is 1.15. The summed E-state index contributed by atoms with van der Waals surface area (Å²) >= 11 is 0. The average molecular weight is 263 g/mol. The van der Waals surface area contributed by atoms with Crippen LogP contribution < -0.4 is 5.32 Å². The average Bonchev–Trinajstić information content (AvgIpc) is 2.29. The molecule has 0 amide bonds. The van der Waals surface area contributed by atoms with E-state index < -0.39 is 17.5 Å². The molecule has 1 fully saturated rings. The van der Waals surface area contributed by atoms with Crippen molar-refractivity contribution >= 4 is 0 Å². The summed E-state index contributed by atoms with van der Waals surface area (Å²) in [5, 5.41) is 9.57. The number of nitrogens with one attached hydrogen (secondary N) is 1. The number of aromatic nitrogens is 2. The van der Waals surface area contributed by atoms with E-state index >= 15 is 0 Å². The number of hydrogen-bond acceptors (Lipinski definition) is 3. The largest absolute Gasteiger partial charge is 0.435 e. The van der Waals surface area contributed by atoms with E-state index in [1.165, 1.54) is 6.07 Å². The molecule has 1 saturated heterocycles. The lowest BCUT2D eigenvalue weighted by Crippen LogP contribution is -2.40. The van der Waals surface area contributed by atoms with E-state index in [4.69, 9.17) is 0 Å². The van der Waals surface area contributed by atoms with Gasteiger partial charge in [0.05, 0.1) is 5.69 Å². The third kappa shape index (κ3) is 3.16. The minimum atomic E-state index is -4.51. The van der Waals surface area contributed by atoms with Gasteiger partial charge in [-0.05, 0) is 38.1 Å². The number of piperidine rings is 1. The van der Waals surface area contributed by atoms with Crippen molar-refractivity contribution in [2.45, 2.75) is 31.1 Å². The molecule has 0 aliphatic carbocycles. The Kier molecular flexibility index (Phi) is 3.52. The van der Waals surface area contributed by atoms with Gasteiger partial charge in [0.1, 0.15) is 5.67 Å². The maximum Gasteiger partial charge on any atom is 0.435 e. The highest BCUT2D eigenvalue weighted by Crippen LogP contribution is 2.29. The molecule has 3 nitrogen and oxygen atoms in total. The molecule has 7 heteroatoms. The van der Waals surface area contributed by atoms with E-state index in [0.29, 0.717) is 25.9 Å². The van der Waals surface area contributed by atoms with Crippen LogP contribution in [0, 0.1) is 0 Å². The summed E-state index contributed by atoms with van der Waals surface area (Å²) in [7, 11) is 0. The summed E-state index contributed by atoms with van der Waals surface area (Å²) in [5.74, 6) is 0. The topological polar surface area (TPSA) is 37.8 Å². The van der Waals surface area contributed by atoms with Gasteiger partial charge in [-0.25, -0.2) is 4.39 Å². The zero-order chi connectivity index (χ0) is 13.2. The lowest BCUT2D eigenvalue weighted by molar-refractivity contribution is -0.141. The van der Waals surface area contributed by atoms with Gasteiger partial charge >= 0.3 is 6.18 Å². The molecular weight excluding hydrogens is 250 g/mol. The smallest absolute Gasteiger partial charge is 0.316 e. The van der Waals surface area contributed by atoms with E-state index in [2.05, 4.69) is 15.5 Å². The van der Waals surface area contributed by atoms with Crippen LogP contribution in [0.5, 0.6) is 0 Å². The van der Waals surface area contributed by atoms with Crippen LogP contribution in [0.25, 0.3) is 0 Å². The fourth-order valence-corrected chi connectivity index (χ4v) is 1.98. The van der Waals surface area contributed by atoms with Gasteiger partial charge in [-0.15, -0.1) is 5.10 Å². The van der Waals surface area contributed by atoms with Crippen LogP contribution in [0.15, 0.2) is 12.1 Å². The Morgan fingerprint density at radius 1 is 1.17 bits per heavy atom. The van der Waals surface area contributed by atoms with Crippen LogP contribution >= 0.6 is 0 Å². The highest BCUT2D eigenvalue weighted by molar-refractivity contribution is 5.12.